The Morgan fingerprint density at radius 1 is 1.00 bits per heavy atom. The van der Waals surface area contributed by atoms with Crippen LogP contribution >= 0.6 is 24.4 Å². The van der Waals surface area contributed by atoms with E-state index >= 15 is 0 Å². The van der Waals surface area contributed by atoms with E-state index in [2.05, 4.69) is 130 Å². The van der Waals surface area contributed by atoms with Gasteiger partial charge >= 0.3 is 51.4 Å². The van der Waals surface area contributed by atoms with Crippen molar-refractivity contribution in [2.24, 2.45) is 5.92 Å². The van der Waals surface area contributed by atoms with Crippen molar-refractivity contribution in [1.29, 1.82) is 0 Å². The number of allylic oxidation sites excluding steroid dienone is 9. The van der Waals surface area contributed by atoms with E-state index in [0.717, 1.165) is 50.5 Å². The van der Waals surface area contributed by atoms with Gasteiger partial charge in [-0.15, -0.1) is 0 Å². The minimum atomic E-state index is 0. The Kier molecular flexibility index (Phi) is 19.6. The molecule has 49 heavy (non-hydrogen) atoms. The van der Waals surface area contributed by atoms with E-state index in [-0.39, 0.29) is 62.6 Å². The molecule has 3 rings (SSSR count). The smallest absolute Gasteiger partial charge is 0.345 e. The standard InChI is InChI=1S/C46H62S2.K/c1-13-19-41(47)29-45(35(11)43-21-18-20-30(6)26-37(43)16-4)40-23-24-42(32(8)15-3)46(28-40)48-36(12)33(9)34(10)44-25-22-39(31(7)14-2)27-38(44)17-5;/h18,20-25,27-29,31-34,41,47H,2,7,11-17,19,26H2,1,3-6,8-10H3;/q-2;+1/b45-29+;. The second-order valence-electron chi connectivity index (χ2n) is 13.8. The van der Waals surface area contributed by atoms with Gasteiger partial charge in [-0.2, -0.15) is 18.5 Å². The first-order valence-electron chi connectivity index (χ1n) is 18.3. The molecule has 0 bridgehead atoms. The molecule has 0 heterocycles. The molecule has 5 atom stereocenters. The van der Waals surface area contributed by atoms with Crippen LogP contribution < -0.4 is 51.4 Å². The van der Waals surface area contributed by atoms with Gasteiger partial charge in [0.05, 0.1) is 0 Å². The van der Waals surface area contributed by atoms with Crippen molar-refractivity contribution in [1.82, 2.24) is 0 Å². The molecule has 0 spiro atoms. The molecule has 0 aromatic heterocycles. The third kappa shape index (κ3) is 11.9. The normalized spacial score (nSPS) is 16.6. The minimum absolute atomic E-state index is 0. The predicted octanol–water partition coefficient (Wildman–Crippen LogP) is 11.6. The van der Waals surface area contributed by atoms with Gasteiger partial charge in [-0.05, 0) is 107 Å². The summed E-state index contributed by atoms with van der Waals surface area (Å²) in [5, 5.41) is 0.162. The van der Waals surface area contributed by atoms with Crippen LogP contribution in [0.1, 0.15) is 139 Å². The molecule has 0 saturated heterocycles. The zero-order valence-corrected chi connectivity index (χ0v) is 37.1. The fourth-order valence-electron chi connectivity index (χ4n) is 6.63. The molecule has 0 amide bonds. The van der Waals surface area contributed by atoms with Crippen LogP contribution in [-0.2, 0) is 6.42 Å². The van der Waals surface area contributed by atoms with Crippen LogP contribution in [-0.4, -0.2) is 5.25 Å². The quantitative estimate of drug-likeness (QED) is 0.0559. The van der Waals surface area contributed by atoms with Gasteiger partial charge < -0.3 is 13.8 Å². The monoisotopic (exact) mass is 717 g/mol. The average Bonchev–Trinajstić information content (AvgIpc) is 3.29. The summed E-state index contributed by atoms with van der Waals surface area (Å²) in [7, 11) is 0. The van der Waals surface area contributed by atoms with Gasteiger partial charge in [-0.1, -0.05) is 151 Å². The van der Waals surface area contributed by atoms with Crippen molar-refractivity contribution < 1.29 is 51.4 Å². The van der Waals surface area contributed by atoms with E-state index in [0.29, 0.717) is 17.8 Å². The van der Waals surface area contributed by atoms with Crippen molar-refractivity contribution in [3.63, 3.8) is 0 Å². The van der Waals surface area contributed by atoms with Crippen molar-refractivity contribution >= 4 is 30.0 Å². The van der Waals surface area contributed by atoms with Gasteiger partial charge in [0.25, 0.3) is 0 Å². The van der Waals surface area contributed by atoms with E-state index in [1.807, 2.05) is 11.8 Å². The van der Waals surface area contributed by atoms with Crippen LogP contribution in [0.3, 0.4) is 0 Å². The molecule has 3 heteroatoms. The maximum Gasteiger partial charge on any atom is 1.00 e. The number of rotatable bonds is 17. The topological polar surface area (TPSA) is 0 Å². The molecule has 5 unspecified atom stereocenters. The van der Waals surface area contributed by atoms with E-state index in [9.17, 15) is 0 Å². The molecule has 0 radical (unpaired) electrons. The molecule has 260 valence electrons. The number of thioether (sulfide) groups is 1. The molecule has 0 nitrogen and oxygen atoms in total. The van der Waals surface area contributed by atoms with Gasteiger partial charge in [0.15, 0.2) is 0 Å². The van der Waals surface area contributed by atoms with Crippen LogP contribution in [0.4, 0.5) is 0 Å². The Morgan fingerprint density at radius 3 is 2.31 bits per heavy atom. The van der Waals surface area contributed by atoms with Crippen LogP contribution in [0, 0.1) is 19.8 Å². The van der Waals surface area contributed by atoms with E-state index in [1.165, 1.54) is 59.9 Å². The number of aryl methyl sites for hydroxylation is 1. The van der Waals surface area contributed by atoms with Gasteiger partial charge in [-0.3, -0.25) is 0 Å². The Morgan fingerprint density at radius 2 is 1.69 bits per heavy atom. The third-order valence-electron chi connectivity index (χ3n) is 10.4. The molecule has 0 aliphatic heterocycles. The van der Waals surface area contributed by atoms with E-state index in [1.54, 1.807) is 0 Å². The van der Waals surface area contributed by atoms with E-state index < -0.39 is 0 Å². The van der Waals surface area contributed by atoms with Crippen LogP contribution in [0.15, 0.2) is 106 Å². The predicted molar refractivity (Wildman–Crippen MR) is 221 cm³/mol. The Bertz CT molecular complexity index is 1550. The maximum absolute atomic E-state index is 5.02. The van der Waals surface area contributed by atoms with Gasteiger partial charge in [0.2, 0.25) is 0 Å². The second-order valence-corrected chi connectivity index (χ2v) is 15.7. The summed E-state index contributed by atoms with van der Waals surface area (Å²) in [6.07, 6.45) is 16.1. The van der Waals surface area contributed by atoms with E-state index in [4.69, 9.17) is 25.8 Å². The minimum Gasteiger partial charge on any atom is -0.345 e. The zero-order chi connectivity index (χ0) is 35.5. The number of benzene rings is 2. The molecule has 1 aliphatic carbocycles. The van der Waals surface area contributed by atoms with Crippen LogP contribution in [0.2, 0.25) is 0 Å². The summed E-state index contributed by atoms with van der Waals surface area (Å²) in [6.45, 7) is 36.2. The molecule has 0 saturated carbocycles. The molecule has 0 fully saturated rings. The summed E-state index contributed by atoms with van der Waals surface area (Å²) >= 11 is 6.89. The summed E-state index contributed by atoms with van der Waals surface area (Å²) in [5.74, 6) is 1.32. The summed E-state index contributed by atoms with van der Waals surface area (Å²) in [6, 6.07) is 14.0. The first-order chi connectivity index (χ1) is 22.9. The van der Waals surface area contributed by atoms with Gasteiger partial charge in [0, 0.05) is 10.1 Å². The third-order valence-corrected chi connectivity index (χ3v) is 12.0. The number of thiol groups is 1. The van der Waals surface area contributed by atoms with Crippen molar-refractivity contribution in [3.05, 3.63) is 143 Å². The summed E-state index contributed by atoms with van der Waals surface area (Å²) in [4.78, 5) is 2.51. The maximum atomic E-state index is 5.02. The van der Waals surface area contributed by atoms with Crippen LogP contribution in [0.5, 0.6) is 0 Å². The molecular formula is C46H62KS2-. The average molecular weight is 718 g/mol. The first-order valence-corrected chi connectivity index (χ1v) is 19.6. The molecule has 0 N–H and O–H groups in total. The zero-order valence-electron chi connectivity index (χ0n) is 32.3. The summed E-state index contributed by atoms with van der Waals surface area (Å²) < 4.78 is 0. The van der Waals surface area contributed by atoms with Gasteiger partial charge in [0.1, 0.15) is 0 Å². The summed E-state index contributed by atoms with van der Waals surface area (Å²) in [5.41, 5.74) is 13.1. The second kappa shape index (κ2) is 21.7. The fraction of sp³-hybridized carbons (Fsp3) is 0.435. The van der Waals surface area contributed by atoms with Crippen molar-refractivity contribution in [2.75, 3.05) is 0 Å². The van der Waals surface area contributed by atoms with Crippen molar-refractivity contribution in [3.8, 4) is 0 Å². The Balaban J connectivity index is 0.00000833. The number of hydrogen-bond acceptors (Lipinski definition) is 2. The SMILES string of the molecule is C=C(C1=C(CC)CC(C)=CC=C1)/C(=C\C(S)CCC)c1ccc(C(C)CC)c(SC(=C)C(C)C(C)c2ccc(C([CH2-])C[CH2-])cc2CC)c1.[K+]. The first kappa shape index (κ1) is 44.4. The molecular weight excluding hydrogens is 656 g/mol. The molecule has 1 aliphatic rings. The molecule has 2 aromatic rings. The Labute approximate surface area is 354 Å². The fourth-order valence-corrected chi connectivity index (χ4v) is 8.28. The Hall–Kier alpha value is -0.784. The molecule has 2 aromatic carbocycles. The number of hydrogen-bond donors (Lipinski definition) is 1. The van der Waals surface area contributed by atoms with Crippen LogP contribution in [0.25, 0.3) is 5.57 Å². The largest absolute Gasteiger partial charge is 1.00 e. The van der Waals surface area contributed by atoms with Gasteiger partial charge in [-0.25, -0.2) is 6.42 Å². The van der Waals surface area contributed by atoms with Crippen molar-refractivity contribution in [2.45, 2.75) is 128 Å².